The highest BCUT2D eigenvalue weighted by Crippen LogP contribution is 2.33. The van der Waals surface area contributed by atoms with Gasteiger partial charge in [-0.05, 0) is 35.4 Å². The number of hydrogen-bond acceptors (Lipinski definition) is 7. The summed E-state index contributed by atoms with van der Waals surface area (Å²) in [5, 5.41) is 9.04. The van der Waals surface area contributed by atoms with Crippen LogP contribution in [0.1, 0.15) is 43.0 Å². The molecule has 8 heteroatoms. The minimum absolute atomic E-state index is 0.160. The van der Waals surface area contributed by atoms with Crippen LogP contribution in [0.4, 0.5) is 4.79 Å². The van der Waals surface area contributed by atoms with Crippen molar-refractivity contribution in [3.63, 3.8) is 0 Å². The van der Waals surface area contributed by atoms with Crippen molar-refractivity contribution >= 4 is 6.09 Å². The van der Waals surface area contributed by atoms with Crippen LogP contribution in [0.15, 0.2) is 59.2 Å². The first-order chi connectivity index (χ1) is 15.4. The van der Waals surface area contributed by atoms with Gasteiger partial charge < -0.3 is 29.5 Å². The van der Waals surface area contributed by atoms with E-state index in [1.54, 1.807) is 0 Å². The number of rotatable bonds is 11. The number of amides is 1. The third-order valence-corrected chi connectivity index (χ3v) is 5.08. The molecule has 3 aromatic rings. The summed E-state index contributed by atoms with van der Waals surface area (Å²) in [7, 11) is 0. The van der Waals surface area contributed by atoms with Gasteiger partial charge in [0.05, 0.1) is 19.8 Å². The molecule has 0 saturated heterocycles. The van der Waals surface area contributed by atoms with Crippen molar-refractivity contribution in [2.24, 2.45) is 5.73 Å². The number of nitrogens with two attached hydrogens (primary N) is 1. The second-order valence-electron chi connectivity index (χ2n) is 7.72. The molecule has 2 aromatic carbocycles. The van der Waals surface area contributed by atoms with Gasteiger partial charge in [-0.2, -0.15) is 0 Å². The quantitative estimate of drug-likeness (QED) is 0.434. The largest absolute Gasteiger partial charge is 0.493 e. The summed E-state index contributed by atoms with van der Waals surface area (Å²) in [6.07, 6.45) is 1.21. The van der Waals surface area contributed by atoms with E-state index in [0.29, 0.717) is 30.4 Å². The molecule has 32 heavy (non-hydrogen) atoms. The summed E-state index contributed by atoms with van der Waals surface area (Å²) < 4.78 is 21.3. The van der Waals surface area contributed by atoms with E-state index in [-0.39, 0.29) is 25.2 Å². The molecular formula is C24H28N2O6. The van der Waals surface area contributed by atoms with Gasteiger partial charge >= 0.3 is 6.09 Å². The summed E-state index contributed by atoms with van der Waals surface area (Å²) in [5.74, 6) is 1.88. The Hall–Kier alpha value is -3.52. The maximum atomic E-state index is 10.5. The third-order valence-electron chi connectivity index (χ3n) is 5.08. The van der Waals surface area contributed by atoms with Gasteiger partial charge in [0.2, 0.25) is 5.89 Å². The number of aliphatic hydroxyl groups is 1. The van der Waals surface area contributed by atoms with E-state index in [1.165, 1.54) is 6.26 Å². The Labute approximate surface area is 186 Å². The Morgan fingerprint density at radius 2 is 1.59 bits per heavy atom. The lowest BCUT2D eigenvalue weighted by Gasteiger charge is -2.26. The number of aliphatic hydroxyl groups excluding tert-OH is 1. The average Bonchev–Trinajstić information content (AvgIpc) is 3.26. The Balaban J connectivity index is 1.55. The highest BCUT2D eigenvalue weighted by molar-refractivity contribution is 5.64. The highest BCUT2D eigenvalue weighted by atomic mass is 16.5. The first-order valence-electron chi connectivity index (χ1n) is 10.3. The number of benzene rings is 2. The van der Waals surface area contributed by atoms with E-state index in [1.807, 2.05) is 48.5 Å². The van der Waals surface area contributed by atoms with Crippen LogP contribution in [0.5, 0.6) is 11.5 Å². The van der Waals surface area contributed by atoms with Crippen LogP contribution in [0.2, 0.25) is 0 Å². The van der Waals surface area contributed by atoms with Crippen molar-refractivity contribution in [1.29, 1.82) is 0 Å². The maximum Gasteiger partial charge on any atom is 0.404 e. The summed E-state index contributed by atoms with van der Waals surface area (Å²) in [4.78, 5) is 14.6. The molecule has 0 unspecified atom stereocenters. The lowest BCUT2D eigenvalue weighted by atomic mass is 9.78. The van der Waals surface area contributed by atoms with E-state index >= 15 is 0 Å². The Kier molecular flexibility index (Phi) is 7.72. The molecule has 0 aliphatic heterocycles. The van der Waals surface area contributed by atoms with Gasteiger partial charge in [0, 0.05) is 11.8 Å². The fourth-order valence-corrected chi connectivity index (χ4v) is 3.16. The fraction of sp³-hybridized carbons (Fsp3) is 0.333. The zero-order valence-corrected chi connectivity index (χ0v) is 18.2. The lowest BCUT2D eigenvalue weighted by Crippen LogP contribution is -2.18. The van der Waals surface area contributed by atoms with E-state index in [0.717, 1.165) is 16.9 Å². The molecular weight excluding hydrogens is 412 g/mol. The first-order valence-corrected chi connectivity index (χ1v) is 10.3. The number of aromatic nitrogens is 1. The average molecular weight is 440 g/mol. The van der Waals surface area contributed by atoms with Crippen molar-refractivity contribution < 1.29 is 28.5 Å². The summed E-state index contributed by atoms with van der Waals surface area (Å²) in [6, 6.07) is 15.8. The van der Waals surface area contributed by atoms with Gasteiger partial charge in [0.25, 0.3) is 0 Å². The summed E-state index contributed by atoms with van der Waals surface area (Å²) in [6.45, 7) is 5.02. The SMILES string of the molecule is CC(C)(c1ccc(OCCCOC(N)=O)cc1)c1ccc(OCc2nc(CO)co2)cc1. The first kappa shape index (κ1) is 23.1. The Bertz CT molecular complexity index is 996. The number of carbonyl (C=O) groups is 1. The third kappa shape index (κ3) is 6.24. The zero-order chi connectivity index (χ0) is 23.0. The van der Waals surface area contributed by atoms with Gasteiger partial charge in [-0.3, -0.25) is 0 Å². The van der Waals surface area contributed by atoms with Gasteiger partial charge in [0.15, 0.2) is 6.61 Å². The number of nitrogens with zero attached hydrogens (tertiary/aromatic N) is 1. The van der Waals surface area contributed by atoms with Crippen LogP contribution in [0, 0.1) is 0 Å². The van der Waals surface area contributed by atoms with Crippen LogP contribution in [-0.2, 0) is 23.4 Å². The summed E-state index contributed by atoms with van der Waals surface area (Å²) >= 11 is 0. The molecule has 0 bridgehead atoms. The molecule has 0 aliphatic rings. The van der Waals surface area contributed by atoms with Gasteiger partial charge in [-0.1, -0.05) is 38.1 Å². The van der Waals surface area contributed by atoms with Crippen molar-refractivity contribution in [3.05, 3.63) is 77.5 Å². The van der Waals surface area contributed by atoms with Crippen LogP contribution in [0.25, 0.3) is 0 Å². The van der Waals surface area contributed by atoms with Crippen molar-refractivity contribution in [2.75, 3.05) is 13.2 Å². The van der Waals surface area contributed by atoms with E-state index in [4.69, 9.17) is 24.7 Å². The van der Waals surface area contributed by atoms with E-state index < -0.39 is 6.09 Å². The fourth-order valence-electron chi connectivity index (χ4n) is 3.16. The molecule has 0 atom stereocenters. The number of oxazole rings is 1. The molecule has 0 radical (unpaired) electrons. The molecule has 0 fully saturated rings. The minimum Gasteiger partial charge on any atom is -0.493 e. The van der Waals surface area contributed by atoms with E-state index in [9.17, 15) is 4.79 Å². The second kappa shape index (κ2) is 10.7. The van der Waals surface area contributed by atoms with Gasteiger partial charge in [-0.15, -0.1) is 0 Å². The summed E-state index contributed by atoms with van der Waals surface area (Å²) in [5.41, 5.74) is 7.47. The number of primary amides is 1. The maximum absolute atomic E-state index is 10.5. The monoisotopic (exact) mass is 440 g/mol. The predicted molar refractivity (Wildman–Crippen MR) is 117 cm³/mol. The molecule has 3 N–H and O–H groups in total. The van der Waals surface area contributed by atoms with Crippen LogP contribution < -0.4 is 15.2 Å². The van der Waals surface area contributed by atoms with Crippen LogP contribution >= 0.6 is 0 Å². The number of carbonyl (C=O) groups excluding carboxylic acids is 1. The smallest absolute Gasteiger partial charge is 0.404 e. The van der Waals surface area contributed by atoms with Crippen molar-refractivity contribution in [2.45, 2.75) is 38.9 Å². The molecule has 3 rings (SSSR count). The molecule has 1 aromatic heterocycles. The molecule has 1 heterocycles. The predicted octanol–water partition coefficient (Wildman–Crippen LogP) is 3.94. The molecule has 0 spiro atoms. The molecule has 170 valence electrons. The normalized spacial score (nSPS) is 11.2. The lowest BCUT2D eigenvalue weighted by molar-refractivity contribution is 0.147. The molecule has 0 aliphatic carbocycles. The highest BCUT2D eigenvalue weighted by Gasteiger charge is 2.23. The minimum atomic E-state index is -0.776. The van der Waals surface area contributed by atoms with E-state index in [2.05, 4.69) is 23.6 Å². The topological polar surface area (TPSA) is 117 Å². The van der Waals surface area contributed by atoms with Crippen molar-refractivity contribution in [1.82, 2.24) is 4.98 Å². The Morgan fingerprint density at radius 1 is 1.00 bits per heavy atom. The zero-order valence-electron chi connectivity index (χ0n) is 18.2. The molecule has 1 amide bonds. The number of hydrogen-bond donors (Lipinski definition) is 2. The van der Waals surface area contributed by atoms with Crippen LogP contribution in [-0.4, -0.2) is 29.4 Å². The number of ether oxygens (including phenoxy) is 3. The van der Waals surface area contributed by atoms with Gasteiger partial charge in [-0.25, -0.2) is 9.78 Å². The molecule has 0 saturated carbocycles. The second-order valence-corrected chi connectivity index (χ2v) is 7.72. The van der Waals surface area contributed by atoms with Crippen LogP contribution in [0.3, 0.4) is 0 Å². The van der Waals surface area contributed by atoms with Crippen molar-refractivity contribution in [3.8, 4) is 11.5 Å². The Morgan fingerprint density at radius 3 is 2.12 bits per heavy atom. The standard InChI is InChI=1S/C24H28N2O6/c1-24(2,17-4-8-20(9-5-17)29-12-3-13-30-23(25)28)18-6-10-21(11-7-18)31-16-22-26-19(14-27)15-32-22/h4-11,15,27H,3,12-14,16H2,1-2H3,(H2,25,28). The molecule has 8 nitrogen and oxygen atoms in total. The van der Waals surface area contributed by atoms with Gasteiger partial charge in [0.1, 0.15) is 23.5 Å².